The summed E-state index contributed by atoms with van der Waals surface area (Å²) in [6, 6.07) is 1.64. The van der Waals surface area contributed by atoms with Crippen molar-refractivity contribution in [2.24, 2.45) is 5.73 Å². The third kappa shape index (κ3) is 2.73. The van der Waals surface area contributed by atoms with Crippen molar-refractivity contribution in [1.82, 2.24) is 4.31 Å². The number of thiophene rings is 1. The minimum absolute atomic E-state index is 0.0408. The molecule has 1 aromatic heterocycles. The van der Waals surface area contributed by atoms with Gasteiger partial charge in [-0.25, -0.2) is 8.42 Å². The summed E-state index contributed by atoms with van der Waals surface area (Å²) in [6.45, 7) is 2.82. The van der Waals surface area contributed by atoms with Crippen LogP contribution in [0.4, 0.5) is 0 Å². The number of nitrogens with zero attached hydrogens (tertiary/aromatic N) is 1. The third-order valence-electron chi connectivity index (χ3n) is 2.88. The molecular weight excluding hydrogens is 324 g/mol. The van der Waals surface area contributed by atoms with Crippen molar-refractivity contribution in [3.8, 4) is 0 Å². The maximum absolute atomic E-state index is 12.4. The molecule has 1 atom stereocenters. The number of piperidine rings is 1. The van der Waals surface area contributed by atoms with Gasteiger partial charge in [0.25, 0.3) is 0 Å². The van der Waals surface area contributed by atoms with E-state index in [2.05, 4.69) is 15.9 Å². The van der Waals surface area contributed by atoms with Crippen molar-refractivity contribution in [2.75, 3.05) is 13.1 Å². The van der Waals surface area contributed by atoms with Gasteiger partial charge in [-0.2, -0.15) is 4.31 Å². The lowest BCUT2D eigenvalue weighted by atomic mass is 10.1. The average Bonchev–Trinajstić information content (AvgIpc) is 2.58. The summed E-state index contributed by atoms with van der Waals surface area (Å²) in [5, 5.41) is 0. The molecule has 1 aromatic rings. The molecule has 0 radical (unpaired) electrons. The first-order valence-electron chi connectivity index (χ1n) is 5.43. The lowest BCUT2D eigenvalue weighted by molar-refractivity contribution is 0.316. The Morgan fingerprint density at radius 3 is 2.82 bits per heavy atom. The van der Waals surface area contributed by atoms with Crippen molar-refractivity contribution in [2.45, 2.75) is 30.7 Å². The molecule has 4 nitrogen and oxygen atoms in total. The molecule has 1 fully saturated rings. The Kier molecular flexibility index (Phi) is 3.94. The molecule has 7 heteroatoms. The zero-order valence-electron chi connectivity index (χ0n) is 9.52. The minimum atomic E-state index is -3.37. The zero-order chi connectivity index (χ0) is 12.6. The number of sulfonamides is 1. The van der Waals surface area contributed by atoms with E-state index in [0.717, 1.165) is 21.5 Å². The molecule has 1 aliphatic heterocycles. The molecule has 1 aliphatic rings. The molecular formula is C10H15BrN2O2S2. The predicted octanol–water partition coefficient (Wildman–Crippen LogP) is 1.93. The van der Waals surface area contributed by atoms with Gasteiger partial charge in [0.2, 0.25) is 10.0 Å². The van der Waals surface area contributed by atoms with Crippen LogP contribution in [0.5, 0.6) is 0 Å². The Morgan fingerprint density at radius 1 is 1.59 bits per heavy atom. The molecule has 0 spiro atoms. The van der Waals surface area contributed by atoms with Crippen LogP contribution in [-0.2, 0) is 10.0 Å². The average molecular weight is 339 g/mol. The summed E-state index contributed by atoms with van der Waals surface area (Å²) < 4.78 is 27.2. The third-order valence-corrected chi connectivity index (χ3v) is 6.55. The van der Waals surface area contributed by atoms with E-state index in [4.69, 9.17) is 5.73 Å². The molecule has 96 valence electrons. The fourth-order valence-electron chi connectivity index (χ4n) is 2.02. The summed E-state index contributed by atoms with van der Waals surface area (Å²) in [4.78, 5) is 1.22. The van der Waals surface area contributed by atoms with Gasteiger partial charge in [-0.05, 0) is 41.8 Å². The molecule has 0 unspecified atom stereocenters. The van der Waals surface area contributed by atoms with Gasteiger partial charge in [-0.15, -0.1) is 11.3 Å². The van der Waals surface area contributed by atoms with Gasteiger partial charge in [0, 0.05) is 24.0 Å². The second-order valence-electron chi connectivity index (χ2n) is 4.24. The fraction of sp³-hybridized carbons (Fsp3) is 0.600. The predicted molar refractivity (Wildman–Crippen MR) is 72.7 cm³/mol. The van der Waals surface area contributed by atoms with E-state index in [-0.39, 0.29) is 6.04 Å². The Balaban J connectivity index is 2.33. The second kappa shape index (κ2) is 4.97. The van der Waals surface area contributed by atoms with E-state index >= 15 is 0 Å². The van der Waals surface area contributed by atoms with E-state index < -0.39 is 10.0 Å². The maximum atomic E-state index is 12.4. The highest BCUT2D eigenvalue weighted by molar-refractivity contribution is 9.11. The molecule has 0 saturated carbocycles. The van der Waals surface area contributed by atoms with Crippen molar-refractivity contribution in [3.63, 3.8) is 0 Å². The van der Waals surface area contributed by atoms with Gasteiger partial charge in [0.05, 0.1) is 8.68 Å². The highest BCUT2D eigenvalue weighted by Gasteiger charge is 2.30. The quantitative estimate of drug-likeness (QED) is 0.896. The summed E-state index contributed by atoms with van der Waals surface area (Å²) in [7, 11) is -3.37. The molecule has 0 aromatic carbocycles. The topological polar surface area (TPSA) is 63.4 Å². The highest BCUT2D eigenvalue weighted by Crippen LogP contribution is 2.32. The molecule has 2 N–H and O–H groups in total. The first-order valence-corrected chi connectivity index (χ1v) is 8.48. The van der Waals surface area contributed by atoms with Gasteiger partial charge in [0.1, 0.15) is 0 Å². The number of halogens is 1. The molecule has 0 bridgehead atoms. The zero-order valence-corrected chi connectivity index (χ0v) is 12.7. The van der Waals surface area contributed by atoms with Crippen LogP contribution in [0.25, 0.3) is 0 Å². The van der Waals surface area contributed by atoms with Gasteiger partial charge in [-0.1, -0.05) is 0 Å². The summed E-state index contributed by atoms with van der Waals surface area (Å²) in [5.74, 6) is 0. The lowest BCUT2D eigenvalue weighted by Gasteiger charge is -2.29. The van der Waals surface area contributed by atoms with E-state index in [1.807, 2.05) is 6.92 Å². The van der Waals surface area contributed by atoms with Crippen LogP contribution in [0.3, 0.4) is 0 Å². The lowest BCUT2D eigenvalue weighted by Crippen LogP contribution is -2.45. The van der Waals surface area contributed by atoms with Crippen molar-refractivity contribution in [3.05, 3.63) is 14.7 Å². The van der Waals surface area contributed by atoms with E-state index in [1.54, 1.807) is 6.07 Å². The van der Waals surface area contributed by atoms with Crippen LogP contribution < -0.4 is 5.73 Å². The van der Waals surface area contributed by atoms with E-state index in [0.29, 0.717) is 18.0 Å². The molecule has 0 aliphatic carbocycles. The van der Waals surface area contributed by atoms with Crippen LogP contribution in [-0.4, -0.2) is 31.9 Å². The maximum Gasteiger partial charge on any atom is 0.244 e. The van der Waals surface area contributed by atoms with Gasteiger partial charge in [0.15, 0.2) is 0 Å². The van der Waals surface area contributed by atoms with Crippen LogP contribution in [0.2, 0.25) is 0 Å². The summed E-state index contributed by atoms with van der Waals surface area (Å²) >= 11 is 4.76. The van der Waals surface area contributed by atoms with Crippen molar-refractivity contribution >= 4 is 37.3 Å². The molecule has 2 heterocycles. The first-order chi connectivity index (χ1) is 7.91. The number of nitrogens with two attached hydrogens (primary N) is 1. The van der Waals surface area contributed by atoms with Crippen molar-refractivity contribution in [1.29, 1.82) is 0 Å². The van der Waals surface area contributed by atoms with Crippen molar-refractivity contribution < 1.29 is 8.42 Å². The first kappa shape index (κ1) is 13.5. The Labute approximate surface area is 114 Å². The van der Waals surface area contributed by atoms with Gasteiger partial charge >= 0.3 is 0 Å². The molecule has 0 amide bonds. The van der Waals surface area contributed by atoms with Crippen LogP contribution in [0.15, 0.2) is 14.7 Å². The summed E-state index contributed by atoms with van der Waals surface area (Å²) in [5.41, 5.74) is 5.83. The number of hydrogen-bond acceptors (Lipinski definition) is 4. The number of rotatable bonds is 2. The fourth-order valence-corrected chi connectivity index (χ4v) is 5.94. The van der Waals surface area contributed by atoms with Crippen LogP contribution >= 0.6 is 27.3 Å². The molecule has 2 rings (SSSR count). The van der Waals surface area contributed by atoms with E-state index in [9.17, 15) is 8.42 Å². The number of aryl methyl sites for hydroxylation is 1. The van der Waals surface area contributed by atoms with E-state index in [1.165, 1.54) is 15.6 Å². The standard InChI is InChI=1S/C10H15BrN2O2S2/c1-7-9(5-10(11)16-7)17(14,15)13-4-2-3-8(12)6-13/h5,8H,2-4,6,12H2,1H3/t8-/m0/s1. The monoisotopic (exact) mass is 338 g/mol. The Hall–Kier alpha value is 0.0500. The summed E-state index contributed by atoms with van der Waals surface area (Å²) in [6.07, 6.45) is 1.74. The van der Waals surface area contributed by atoms with Crippen LogP contribution in [0.1, 0.15) is 17.7 Å². The molecule has 1 saturated heterocycles. The Bertz CT molecular complexity index is 512. The van der Waals surface area contributed by atoms with Gasteiger partial charge < -0.3 is 5.73 Å². The van der Waals surface area contributed by atoms with Gasteiger partial charge in [-0.3, -0.25) is 0 Å². The van der Waals surface area contributed by atoms with Crippen LogP contribution in [0, 0.1) is 6.92 Å². The number of hydrogen-bond donors (Lipinski definition) is 1. The minimum Gasteiger partial charge on any atom is -0.327 e. The highest BCUT2D eigenvalue weighted by atomic mass is 79.9. The Morgan fingerprint density at radius 2 is 2.29 bits per heavy atom. The largest absolute Gasteiger partial charge is 0.327 e. The normalized spacial score (nSPS) is 22.9. The SMILES string of the molecule is Cc1sc(Br)cc1S(=O)(=O)N1CCC[C@H](N)C1. The molecule has 17 heavy (non-hydrogen) atoms. The second-order valence-corrected chi connectivity index (χ2v) is 8.78. The smallest absolute Gasteiger partial charge is 0.244 e.